The second kappa shape index (κ2) is 8.53. The molecule has 11 heteroatoms. The normalized spacial score (nSPS) is 18.1. The standard InChI is InChI=1S/C21H28FN5O4S/c1-12(2)31-20-15(22)9-14(18(25-20)27-11-13(3)10-21(27,4)5)19(28)26-32(29,30)17-8-6-7-16(23)24-17/h6-9,12-13H,10-11H2,1-5H3,(H2,23,24)(H,26,28). The Morgan fingerprint density at radius 1 is 1.34 bits per heavy atom. The number of sulfonamides is 1. The number of nitrogens with two attached hydrogens (primary N) is 1. The summed E-state index contributed by atoms with van der Waals surface area (Å²) in [7, 11) is -4.34. The molecule has 0 radical (unpaired) electrons. The Morgan fingerprint density at radius 3 is 2.59 bits per heavy atom. The van der Waals surface area contributed by atoms with E-state index in [1.54, 1.807) is 13.8 Å². The summed E-state index contributed by atoms with van der Waals surface area (Å²) in [6.07, 6.45) is 0.476. The van der Waals surface area contributed by atoms with Crippen molar-refractivity contribution >= 4 is 27.6 Å². The van der Waals surface area contributed by atoms with Gasteiger partial charge in [-0.3, -0.25) is 4.79 Å². The number of ether oxygens (including phenoxy) is 1. The minimum absolute atomic E-state index is 0.0169. The first kappa shape index (κ1) is 23.7. The van der Waals surface area contributed by atoms with Gasteiger partial charge in [0.15, 0.2) is 10.8 Å². The maximum absolute atomic E-state index is 14.8. The van der Waals surface area contributed by atoms with Gasteiger partial charge in [0.05, 0.1) is 11.7 Å². The molecule has 3 heterocycles. The van der Waals surface area contributed by atoms with E-state index in [1.807, 2.05) is 23.5 Å². The van der Waals surface area contributed by atoms with Crippen LogP contribution >= 0.6 is 0 Å². The number of halogens is 1. The van der Waals surface area contributed by atoms with E-state index in [-0.39, 0.29) is 34.7 Å². The summed E-state index contributed by atoms with van der Waals surface area (Å²) in [4.78, 5) is 23.0. The van der Waals surface area contributed by atoms with Crippen LogP contribution in [0, 0.1) is 11.7 Å². The third-order valence-corrected chi connectivity index (χ3v) is 6.32. The fourth-order valence-electron chi connectivity index (χ4n) is 3.91. The van der Waals surface area contributed by atoms with Crippen molar-refractivity contribution in [1.29, 1.82) is 0 Å². The van der Waals surface area contributed by atoms with Gasteiger partial charge in [-0.05, 0) is 58.2 Å². The second-order valence-electron chi connectivity index (χ2n) is 8.88. The molecule has 1 amide bonds. The number of hydrogen-bond donors (Lipinski definition) is 2. The lowest BCUT2D eigenvalue weighted by Gasteiger charge is -2.34. The number of rotatable bonds is 6. The highest BCUT2D eigenvalue weighted by Crippen LogP contribution is 2.38. The maximum atomic E-state index is 14.8. The molecule has 0 bridgehead atoms. The van der Waals surface area contributed by atoms with Gasteiger partial charge in [0.25, 0.3) is 21.8 Å². The van der Waals surface area contributed by atoms with Crippen LogP contribution in [-0.2, 0) is 10.0 Å². The highest BCUT2D eigenvalue weighted by atomic mass is 32.2. The summed E-state index contributed by atoms with van der Waals surface area (Å²) in [5.41, 5.74) is 4.95. The first-order chi connectivity index (χ1) is 14.8. The monoisotopic (exact) mass is 465 g/mol. The first-order valence-corrected chi connectivity index (χ1v) is 11.7. The van der Waals surface area contributed by atoms with E-state index in [0.29, 0.717) is 12.5 Å². The molecule has 174 valence electrons. The lowest BCUT2D eigenvalue weighted by atomic mass is 9.97. The summed E-state index contributed by atoms with van der Waals surface area (Å²) in [5.74, 6) is -1.70. The average molecular weight is 466 g/mol. The first-order valence-electron chi connectivity index (χ1n) is 10.2. The number of nitrogens with zero attached hydrogens (tertiary/aromatic N) is 3. The molecule has 2 aromatic heterocycles. The van der Waals surface area contributed by atoms with Crippen molar-refractivity contribution in [2.45, 2.75) is 57.7 Å². The van der Waals surface area contributed by atoms with E-state index >= 15 is 0 Å². The van der Waals surface area contributed by atoms with Gasteiger partial charge in [0.2, 0.25) is 0 Å². The van der Waals surface area contributed by atoms with Gasteiger partial charge in [-0.2, -0.15) is 13.4 Å². The molecule has 0 aliphatic carbocycles. The number of anilines is 2. The fourth-order valence-corrected chi connectivity index (χ4v) is 4.85. The Kier molecular flexibility index (Phi) is 6.32. The van der Waals surface area contributed by atoms with Crippen molar-refractivity contribution in [3.63, 3.8) is 0 Å². The third kappa shape index (κ3) is 4.93. The Labute approximate surface area is 187 Å². The van der Waals surface area contributed by atoms with Crippen molar-refractivity contribution in [3.8, 4) is 5.88 Å². The van der Waals surface area contributed by atoms with Crippen LogP contribution in [0.3, 0.4) is 0 Å². The second-order valence-corrected chi connectivity index (χ2v) is 10.5. The average Bonchev–Trinajstić information content (AvgIpc) is 2.94. The number of pyridine rings is 2. The van der Waals surface area contributed by atoms with E-state index in [0.717, 1.165) is 12.5 Å². The zero-order valence-corrected chi connectivity index (χ0v) is 19.5. The minimum Gasteiger partial charge on any atom is -0.473 e. The zero-order valence-electron chi connectivity index (χ0n) is 18.7. The molecule has 1 aliphatic rings. The van der Waals surface area contributed by atoms with Gasteiger partial charge in [-0.1, -0.05) is 13.0 Å². The molecular weight excluding hydrogens is 437 g/mol. The summed E-state index contributed by atoms with van der Waals surface area (Å²) in [6, 6.07) is 4.98. The van der Waals surface area contributed by atoms with E-state index in [9.17, 15) is 17.6 Å². The van der Waals surface area contributed by atoms with Crippen LogP contribution < -0.4 is 20.1 Å². The van der Waals surface area contributed by atoms with Gasteiger partial charge in [-0.25, -0.2) is 14.1 Å². The number of carbonyl (C=O) groups excluding carboxylic acids is 1. The van der Waals surface area contributed by atoms with Crippen LogP contribution in [0.25, 0.3) is 0 Å². The van der Waals surface area contributed by atoms with Gasteiger partial charge >= 0.3 is 0 Å². The van der Waals surface area contributed by atoms with E-state index in [2.05, 4.69) is 16.9 Å². The summed E-state index contributed by atoms with van der Waals surface area (Å²) < 4.78 is 47.5. The zero-order chi connectivity index (χ0) is 23.8. The lowest BCUT2D eigenvalue weighted by molar-refractivity contribution is 0.0980. The smallest absolute Gasteiger partial charge is 0.281 e. The van der Waals surface area contributed by atoms with Crippen molar-refractivity contribution < 1.29 is 22.3 Å². The number of hydrogen-bond acceptors (Lipinski definition) is 8. The van der Waals surface area contributed by atoms with Gasteiger partial charge in [0, 0.05) is 12.1 Å². The van der Waals surface area contributed by atoms with E-state index in [4.69, 9.17) is 10.5 Å². The highest BCUT2D eigenvalue weighted by molar-refractivity contribution is 7.90. The van der Waals surface area contributed by atoms with Gasteiger partial charge in [-0.15, -0.1) is 0 Å². The summed E-state index contributed by atoms with van der Waals surface area (Å²) in [6.45, 7) is 10.1. The lowest BCUT2D eigenvalue weighted by Crippen LogP contribution is -2.41. The molecule has 1 aliphatic heterocycles. The third-order valence-electron chi connectivity index (χ3n) is 5.09. The molecule has 0 saturated carbocycles. The van der Waals surface area contributed by atoms with Crippen molar-refractivity contribution in [1.82, 2.24) is 14.7 Å². The molecule has 3 rings (SSSR count). The van der Waals surface area contributed by atoms with Crippen LogP contribution in [0.1, 0.15) is 51.4 Å². The number of carbonyl (C=O) groups is 1. The van der Waals surface area contributed by atoms with Crippen LogP contribution in [-0.4, -0.2) is 42.5 Å². The number of amides is 1. The largest absolute Gasteiger partial charge is 0.473 e. The molecule has 2 aromatic rings. The van der Waals surface area contributed by atoms with Crippen LogP contribution in [0.15, 0.2) is 29.3 Å². The molecule has 3 N–H and O–H groups in total. The highest BCUT2D eigenvalue weighted by Gasteiger charge is 2.40. The van der Waals surface area contributed by atoms with Gasteiger partial charge in [0.1, 0.15) is 11.6 Å². The predicted octanol–water partition coefficient (Wildman–Crippen LogP) is 2.73. The van der Waals surface area contributed by atoms with Crippen molar-refractivity contribution in [2.75, 3.05) is 17.2 Å². The van der Waals surface area contributed by atoms with Crippen molar-refractivity contribution in [3.05, 3.63) is 35.6 Å². The maximum Gasteiger partial charge on any atom is 0.281 e. The minimum atomic E-state index is -4.34. The molecule has 0 aromatic carbocycles. The van der Waals surface area contributed by atoms with E-state index in [1.165, 1.54) is 18.2 Å². The molecule has 0 spiro atoms. The molecule has 1 unspecified atom stereocenters. The Bertz CT molecular complexity index is 1140. The van der Waals surface area contributed by atoms with Crippen molar-refractivity contribution in [2.24, 2.45) is 5.92 Å². The molecular formula is C21H28FN5O4S. The summed E-state index contributed by atoms with van der Waals surface area (Å²) in [5, 5.41) is -0.421. The van der Waals surface area contributed by atoms with E-state index < -0.39 is 26.8 Å². The number of nitrogens with one attached hydrogen (secondary N) is 1. The molecule has 1 saturated heterocycles. The molecule has 1 fully saturated rings. The van der Waals surface area contributed by atoms with Crippen LogP contribution in [0.4, 0.5) is 16.0 Å². The Balaban J connectivity index is 2.06. The molecule has 1 atom stereocenters. The summed E-state index contributed by atoms with van der Waals surface area (Å²) >= 11 is 0. The number of nitrogen functional groups attached to an aromatic ring is 1. The topological polar surface area (TPSA) is 128 Å². The van der Waals surface area contributed by atoms with Gasteiger partial charge < -0.3 is 15.4 Å². The van der Waals surface area contributed by atoms with Crippen LogP contribution in [0.2, 0.25) is 0 Å². The quantitative estimate of drug-likeness (QED) is 0.667. The fraction of sp³-hybridized carbons (Fsp3) is 0.476. The predicted molar refractivity (Wildman–Crippen MR) is 118 cm³/mol. The van der Waals surface area contributed by atoms with Crippen LogP contribution in [0.5, 0.6) is 5.88 Å². The SMILES string of the molecule is CC1CN(c2nc(OC(C)C)c(F)cc2C(=O)NS(=O)(=O)c2cccc(N)n2)C(C)(C)C1. The molecule has 32 heavy (non-hydrogen) atoms. The molecule has 9 nitrogen and oxygen atoms in total. The number of aromatic nitrogens is 2. The Morgan fingerprint density at radius 2 is 2.03 bits per heavy atom. The Hall–Kier alpha value is -2.95.